The number of aromatic amines is 1. The van der Waals surface area contributed by atoms with Crippen molar-refractivity contribution in [2.45, 2.75) is 32.6 Å². The summed E-state index contributed by atoms with van der Waals surface area (Å²) < 4.78 is 5.25. The van der Waals surface area contributed by atoms with Crippen LogP contribution in [-0.2, 0) is 6.42 Å². The Morgan fingerprint density at radius 3 is 3.04 bits per heavy atom. The van der Waals surface area contributed by atoms with Crippen LogP contribution in [-0.4, -0.2) is 44.0 Å². The Balaban J connectivity index is 1.58. The number of hydrogen-bond donors (Lipinski definition) is 1. The number of H-pyrrole nitrogens is 1. The van der Waals surface area contributed by atoms with Gasteiger partial charge in [0.25, 0.3) is 11.5 Å². The molecule has 144 valence electrons. The molecule has 0 aliphatic carbocycles. The summed E-state index contributed by atoms with van der Waals surface area (Å²) in [4.78, 5) is 38.4. The van der Waals surface area contributed by atoms with Crippen LogP contribution in [0.2, 0.25) is 0 Å². The zero-order valence-electron chi connectivity index (χ0n) is 15.8. The molecule has 0 saturated carbocycles. The van der Waals surface area contributed by atoms with Crippen molar-refractivity contribution in [2.24, 2.45) is 0 Å². The molecule has 1 fully saturated rings. The minimum atomic E-state index is -0.211. The van der Waals surface area contributed by atoms with Gasteiger partial charge in [0.15, 0.2) is 0 Å². The maximum absolute atomic E-state index is 13.0. The predicted molar refractivity (Wildman–Crippen MR) is 102 cm³/mol. The Morgan fingerprint density at radius 2 is 2.29 bits per heavy atom. The number of nitrogens with zero attached hydrogens (tertiary/aromatic N) is 4. The van der Waals surface area contributed by atoms with Crippen LogP contribution >= 0.6 is 0 Å². The van der Waals surface area contributed by atoms with Crippen LogP contribution in [0.5, 0.6) is 0 Å². The molecule has 3 aromatic rings. The molecular formula is C20H21N5O3. The minimum absolute atomic E-state index is 0.0292. The van der Waals surface area contributed by atoms with Crippen molar-refractivity contribution in [3.8, 4) is 11.3 Å². The zero-order valence-corrected chi connectivity index (χ0v) is 15.8. The number of likely N-dealkylation sites (tertiary alicyclic amines) is 1. The van der Waals surface area contributed by atoms with E-state index in [9.17, 15) is 9.59 Å². The smallest absolute Gasteiger partial charge is 0.259 e. The second-order valence-corrected chi connectivity index (χ2v) is 6.91. The molecule has 1 atom stereocenters. The number of carbonyl (C=O) groups is 1. The molecule has 0 aromatic carbocycles. The average molecular weight is 379 g/mol. The summed E-state index contributed by atoms with van der Waals surface area (Å²) in [5, 5.41) is 3.93. The summed E-state index contributed by atoms with van der Waals surface area (Å²) in [7, 11) is 0. The van der Waals surface area contributed by atoms with Gasteiger partial charge >= 0.3 is 0 Å². The lowest BCUT2D eigenvalue weighted by molar-refractivity contribution is 0.0787. The largest absolute Gasteiger partial charge is 0.360 e. The van der Waals surface area contributed by atoms with Crippen molar-refractivity contribution in [2.75, 3.05) is 13.1 Å². The summed E-state index contributed by atoms with van der Waals surface area (Å²) in [5.74, 6) is 1.10. The second kappa shape index (κ2) is 7.38. The highest BCUT2D eigenvalue weighted by Gasteiger charge is 2.32. The second-order valence-electron chi connectivity index (χ2n) is 6.91. The molecule has 0 spiro atoms. The summed E-state index contributed by atoms with van der Waals surface area (Å²) >= 11 is 0. The van der Waals surface area contributed by atoms with Crippen LogP contribution in [0.3, 0.4) is 0 Å². The molecule has 4 heterocycles. The number of carbonyl (C=O) groups excluding carboxylic acids is 1. The van der Waals surface area contributed by atoms with Crippen molar-refractivity contribution >= 4 is 5.91 Å². The van der Waals surface area contributed by atoms with E-state index in [1.54, 1.807) is 30.3 Å². The summed E-state index contributed by atoms with van der Waals surface area (Å²) in [6, 6.07) is 5.14. The molecule has 8 nitrogen and oxygen atoms in total. The fourth-order valence-corrected chi connectivity index (χ4v) is 3.59. The first-order valence-corrected chi connectivity index (χ1v) is 9.33. The molecule has 0 bridgehead atoms. The Bertz CT molecular complexity index is 1060. The van der Waals surface area contributed by atoms with Crippen LogP contribution < -0.4 is 5.56 Å². The monoisotopic (exact) mass is 379 g/mol. The molecule has 0 unspecified atom stereocenters. The van der Waals surface area contributed by atoms with Crippen molar-refractivity contribution in [3.05, 3.63) is 63.8 Å². The summed E-state index contributed by atoms with van der Waals surface area (Å²) in [5.41, 5.74) is 2.31. The summed E-state index contributed by atoms with van der Waals surface area (Å²) in [6.45, 7) is 4.80. The first kappa shape index (κ1) is 18.1. The topological polar surface area (TPSA) is 105 Å². The highest BCUT2D eigenvalue weighted by Crippen LogP contribution is 2.28. The van der Waals surface area contributed by atoms with Crippen LogP contribution in [0.15, 0.2) is 39.9 Å². The van der Waals surface area contributed by atoms with Crippen molar-refractivity contribution in [1.82, 2.24) is 25.0 Å². The maximum atomic E-state index is 13.0. The fraction of sp³-hybridized carbons (Fsp3) is 0.350. The van der Waals surface area contributed by atoms with E-state index in [0.717, 1.165) is 12.0 Å². The minimum Gasteiger partial charge on any atom is -0.360 e. The van der Waals surface area contributed by atoms with Crippen LogP contribution in [0, 0.1) is 6.92 Å². The number of hydrogen-bond acceptors (Lipinski definition) is 6. The van der Waals surface area contributed by atoms with Gasteiger partial charge in [-0.3, -0.25) is 14.6 Å². The molecule has 4 rings (SSSR count). The third-order valence-corrected chi connectivity index (χ3v) is 5.05. The number of amides is 1. The number of nitrogens with one attached hydrogen (secondary N) is 1. The highest BCUT2D eigenvalue weighted by atomic mass is 16.5. The quantitative estimate of drug-likeness (QED) is 0.746. The molecule has 1 saturated heterocycles. The summed E-state index contributed by atoms with van der Waals surface area (Å²) in [6.07, 6.45) is 4.70. The van der Waals surface area contributed by atoms with Crippen LogP contribution in [0.1, 0.15) is 46.9 Å². The van der Waals surface area contributed by atoms with E-state index in [4.69, 9.17) is 4.52 Å². The van der Waals surface area contributed by atoms with Gasteiger partial charge in [0.1, 0.15) is 17.1 Å². The van der Waals surface area contributed by atoms with Gasteiger partial charge in [0.05, 0.1) is 11.4 Å². The number of rotatable bonds is 4. The number of pyridine rings is 1. The molecule has 1 aliphatic rings. The van der Waals surface area contributed by atoms with Gasteiger partial charge in [-0.1, -0.05) is 12.1 Å². The number of aromatic nitrogens is 4. The molecule has 1 amide bonds. The first-order chi connectivity index (χ1) is 13.6. The lowest BCUT2D eigenvalue weighted by atomic mass is 10.1. The van der Waals surface area contributed by atoms with E-state index >= 15 is 0 Å². The van der Waals surface area contributed by atoms with E-state index in [1.165, 1.54) is 6.07 Å². The molecule has 0 radical (unpaired) electrons. The Kier molecular flexibility index (Phi) is 4.77. The molecular weight excluding hydrogens is 358 g/mol. The van der Waals surface area contributed by atoms with Gasteiger partial charge in [-0.15, -0.1) is 0 Å². The van der Waals surface area contributed by atoms with Crippen LogP contribution in [0.4, 0.5) is 0 Å². The Morgan fingerprint density at radius 1 is 1.43 bits per heavy atom. The van der Waals surface area contributed by atoms with E-state index < -0.39 is 0 Å². The lowest BCUT2D eigenvalue weighted by Gasteiger charge is -2.16. The third-order valence-electron chi connectivity index (χ3n) is 5.05. The molecule has 28 heavy (non-hydrogen) atoms. The average Bonchev–Trinajstić information content (AvgIpc) is 3.34. The molecule has 3 aromatic heterocycles. The Hall–Kier alpha value is -3.29. The van der Waals surface area contributed by atoms with Gasteiger partial charge < -0.3 is 14.4 Å². The van der Waals surface area contributed by atoms with E-state index in [-0.39, 0.29) is 17.4 Å². The van der Waals surface area contributed by atoms with E-state index in [0.29, 0.717) is 48.0 Å². The lowest BCUT2D eigenvalue weighted by Crippen LogP contribution is -2.29. The van der Waals surface area contributed by atoms with Crippen LogP contribution in [0.25, 0.3) is 11.3 Å². The SMILES string of the molecule is CCc1onc(C)c1C(=O)N1CC[C@H](c2nc(-c3cccnc3)cc(=O)[nH]2)C1. The predicted octanol–water partition coefficient (Wildman–Crippen LogP) is 2.32. The van der Waals surface area contributed by atoms with Gasteiger partial charge in [-0.05, 0) is 25.5 Å². The highest BCUT2D eigenvalue weighted by molar-refractivity contribution is 5.96. The van der Waals surface area contributed by atoms with Gasteiger partial charge in [-0.25, -0.2) is 4.98 Å². The maximum Gasteiger partial charge on any atom is 0.259 e. The van der Waals surface area contributed by atoms with Gasteiger partial charge in [0, 0.05) is 49.5 Å². The van der Waals surface area contributed by atoms with E-state index in [2.05, 4.69) is 20.1 Å². The van der Waals surface area contributed by atoms with Crippen molar-refractivity contribution in [1.29, 1.82) is 0 Å². The molecule has 1 aliphatic heterocycles. The first-order valence-electron chi connectivity index (χ1n) is 9.33. The van der Waals surface area contributed by atoms with E-state index in [1.807, 2.05) is 13.0 Å². The third kappa shape index (κ3) is 3.33. The normalized spacial score (nSPS) is 16.5. The van der Waals surface area contributed by atoms with Crippen molar-refractivity contribution in [3.63, 3.8) is 0 Å². The molecule has 1 N–H and O–H groups in total. The van der Waals surface area contributed by atoms with Crippen molar-refractivity contribution < 1.29 is 9.32 Å². The van der Waals surface area contributed by atoms with Gasteiger partial charge in [0.2, 0.25) is 0 Å². The molecule has 8 heteroatoms. The van der Waals surface area contributed by atoms with Gasteiger partial charge in [-0.2, -0.15) is 0 Å². The standard InChI is InChI=1S/C20H21N5O3/c1-3-16-18(12(2)24-28-16)20(27)25-8-6-14(11-25)19-22-15(9-17(26)23-19)13-5-4-7-21-10-13/h4-5,7,9-10,14H,3,6,8,11H2,1-2H3,(H,22,23,26)/t14-/m0/s1. The Labute approximate surface area is 161 Å². The fourth-order valence-electron chi connectivity index (χ4n) is 3.59. The zero-order chi connectivity index (χ0) is 19.7. The number of aryl methyl sites for hydroxylation is 2.